The Morgan fingerprint density at radius 1 is 0.456 bits per heavy atom. The van der Waals surface area contributed by atoms with Crippen molar-refractivity contribution in [2.75, 3.05) is 9.80 Å². The lowest BCUT2D eigenvalue weighted by atomic mass is 9.32. The van der Waals surface area contributed by atoms with Gasteiger partial charge in [-0.2, -0.15) is 10.5 Å². The molecule has 4 aliphatic carbocycles. The largest absolute Gasteiger partial charge is 0.338 e. The summed E-state index contributed by atoms with van der Waals surface area (Å²) in [6.45, 7) is -0.877. The zero-order valence-corrected chi connectivity index (χ0v) is 39.2. The summed E-state index contributed by atoms with van der Waals surface area (Å²) in [5.41, 5.74) is 13.3. The van der Waals surface area contributed by atoms with Gasteiger partial charge in [0.25, 0.3) is 0 Å². The van der Waals surface area contributed by atoms with Crippen molar-refractivity contribution in [3.8, 4) is 12.1 Å². The molecular formula is C61H60B2N4O. The Kier molecular flexibility index (Phi) is 9.57. The highest BCUT2D eigenvalue weighted by atomic mass is 16.2. The molecule has 0 radical (unpaired) electrons. The van der Waals surface area contributed by atoms with Crippen molar-refractivity contribution in [1.29, 1.82) is 10.5 Å². The molecule has 0 spiro atoms. The molecule has 4 saturated carbocycles. The first-order valence-electron chi connectivity index (χ1n) is 28.1. The van der Waals surface area contributed by atoms with Crippen LogP contribution in [0.1, 0.15) is 191 Å². The summed E-state index contributed by atoms with van der Waals surface area (Å²) < 4.78 is 41.4. The second kappa shape index (κ2) is 17.2. The van der Waals surface area contributed by atoms with E-state index in [1.807, 2.05) is 46.2 Å². The highest BCUT2D eigenvalue weighted by Crippen LogP contribution is 2.49. The number of urea groups is 1. The van der Waals surface area contributed by atoms with Gasteiger partial charge < -0.3 is 0 Å². The number of carbonyl (C=O) groups excluding carboxylic acids is 1. The first kappa shape index (κ1) is 37.9. The zero-order valence-electron chi connectivity index (χ0n) is 43.2. The Balaban J connectivity index is 1.14. The molecule has 6 aromatic carbocycles. The van der Waals surface area contributed by atoms with Gasteiger partial charge in [0.05, 0.1) is 34.6 Å². The Hall–Kier alpha value is -6.04. The van der Waals surface area contributed by atoms with Crippen LogP contribution in [0.15, 0.2) is 97.1 Å². The number of benzene rings is 6. The summed E-state index contributed by atoms with van der Waals surface area (Å²) in [6, 6.07) is 37.6. The lowest BCUT2D eigenvalue weighted by molar-refractivity contribution is 0.255. The SMILES string of the molecule is [2H]C1(c2cccc(C3([2H])CCCCC3)c2B2c3ccc(C#N)cc3N3C(=O)N4c5cc(C#N)ccc5B(c5c(C6([2H])CCCCC6)cccc5C5([2H])CCCCC5)c5ccc6ccc2c3c6c54)CCCCC1. The highest BCUT2D eigenvalue weighted by molar-refractivity contribution is 7.00. The molecule has 5 nitrogen and oxygen atoms in total. The number of carbonyl (C=O) groups is 1. The van der Waals surface area contributed by atoms with E-state index in [0.717, 1.165) is 206 Å². The van der Waals surface area contributed by atoms with Crippen LogP contribution >= 0.6 is 0 Å². The van der Waals surface area contributed by atoms with Gasteiger partial charge in [-0.1, -0.05) is 161 Å². The van der Waals surface area contributed by atoms with E-state index < -0.39 is 37.0 Å². The van der Waals surface area contributed by atoms with E-state index in [-0.39, 0.29) is 6.03 Å². The topological polar surface area (TPSA) is 71.1 Å². The molecule has 68 heavy (non-hydrogen) atoms. The lowest BCUT2D eigenvalue weighted by Crippen LogP contribution is -2.65. The number of rotatable bonds is 6. The zero-order chi connectivity index (χ0) is 49.1. The minimum absolute atomic E-state index is 0.294. The van der Waals surface area contributed by atoms with Crippen molar-refractivity contribution in [3.05, 3.63) is 130 Å². The summed E-state index contributed by atoms with van der Waals surface area (Å²) in [7, 11) is 0. The quantitative estimate of drug-likeness (QED) is 0.156. The first-order valence-corrected chi connectivity index (χ1v) is 26.1. The number of nitriles is 2. The Bertz CT molecular complexity index is 3040. The molecule has 0 bridgehead atoms. The molecule has 3 heterocycles. The third-order valence-corrected chi connectivity index (χ3v) is 17.2. The van der Waals surface area contributed by atoms with Crippen LogP contribution in [-0.4, -0.2) is 19.5 Å². The molecule has 2 amide bonds. The smallest absolute Gasteiger partial charge is 0.263 e. The molecule has 4 fully saturated rings. The van der Waals surface area contributed by atoms with Gasteiger partial charge in [0.2, 0.25) is 13.4 Å². The summed E-state index contributed by atoms with van der Waals surface area (Å²) in [5.74, 6) is -3.39. The van der Waals surface area contributed by atoms with Crippen LogP contribution in [0.3, 0.4) is 0 Å². The molecule has 7 heteroatoms. The molecule has 0 N–H and O–H groups in total. The summed E-state index contributed by atoms with van der Waals surface area (Å²) in [5, 5.41) is 23.0. The average Bonchev–Trinajstić information content (AvgIpc) is 3.41. The second-order valence-electron chi connectivity index (χ2n) is 20.9. The predicted octanol–water partition coefficient (Wildman–Crippen LogP) is 11.8. The molecule has 0 saturated heterocycles. The number of anilines is 4. The molecule has 0 unspecified atom stereocenters. The Morgan fingerprint density at radius 2 is 0.794 bits per heavy atom. The highest BCUT2D eigenvalue weighted by Gasteiger charge is 2.50. The third-order valence-electron chi connectivity index (χ3n) is 17.2. The van der Waals surface area contributed by atoms with E-state index in [1.165, 1.54) is 0 Å². The van der Waals surface area contributed by atoms with Crippen molar-refractivity contribution in [2.45, 2.75) is 152 Å². The van der Waals surface area contributed by atoms with Gasteiger partial charge in [-0.15, -0.1) is 0 Å². The molecule has 7 aliphatic rings. The van der Waals surface area contributed by atoms with E-state index in [1.54, 1.807) is 0 Å². The van der Waals surface area contributed by atoms with Gasteiger partial charge in [0.15, 0.2) is 0 Å². The first-order chi connectivity index (χ1) is 35.0. The third kappa shape index (κ3) is 6.58. The maximum Gasteiger partial charge on any atom is 0.338 e. The lowest BCUT2D eigenvalue weighted by Gasteiger charge is -2.47. The van der Waals surface area contributed by atoms with Gasteiger partial charge >= 0.3 is 6.03 Å². The van der Waals surface area contributed by atoms with Crippen LogP contribution in [0, 0.1) is 22.7 Å². The minimum Gasteiger partial charge on any atom is -0.263 e. The molecule has 13 rings (SSSR count). The van der Waals surface area contributed by atoms with Gasteiger partial charge in [-0.25, -0.2) is 4.79 Å². The summed E-state index contributed by atoms with van der Waals surface area (Å²) in [4.78, 5) is 20.1. The van der Waals surface area contributed by atoms with Crippen LogP contribution in [0.2, 0.25) is 0 Å². The number of nitrogens with zero attached hydrogens (tertiary/aromatic N) is 4. The van der Waals surface area contributed by atoms with Gasteiger partial charge in [0, 0.05) is 22.2 Å². The molecular weight excluding hydrogens is 826 g/mol. The van der Waals surface area contributed by atoms with Gasteiger partial charge in [-0.05, 0) is 149 Å². The maximum atomic E-state index is 16.4. The van der Waals surface area contributed by atoms with Gasteiger partial charge in [0.1, 0.15) is 0 Å². The van der Waals surface area contributed by atoms with Crippen LogP contribution in [0.4, 0.5) is 27.5 Å². The predicted molar refractivity (Wildman–Crippen MR) is 281 cm³/mol. The van der Waals surface area contributed by atoms with E-state index in [4.69, 9.17) is 0 Å². The maximum absolute atomic E-state index is 16.4. The minimum atomic E-state index is -0.847. The Labute approximate surface area is 409 Å². The number of amides is 2. The number of hydrogen-bond acceptors (Lipinski definition) is 3. The van der Waals surface area contributed by atoms with Crippen LogP contribution in [-0.2, 0) is 0 Å². The van der Waals surface area contributed by atoms with Crippen LogP contribution < -0.4 is 42.6 Å². The average molecular weight is 891 g/mol. The monoisotopic (exact) mass is 891 g/mol. The van der Waals surface area contributed by atoms with Crippen molar-refractivity contribution in [2.24, 2.45) is 0 Å². The fraction of sp³-hybridized carbons (Fsp3) is 0.393. The van der Waals surface area contributed by atoms with E-state index in [2.05, 4.69) is 72.8 Å². The van der Waals surface area contributed by atoms with Crippen molar-refractivity contribution in [3.63, 3.8) is 0 Å². The van der Waals surface area contributed by atoms with E-state index in [0.29, 0.717) is 22.5 Å². The number of fused-ring (bicyclic) bond motifs is 4. The van der Waals surface area contributed by atoms with Crippen LogP contribution in [0.25, 0.3) is 10.8 Å². The summed E-state index contributed by atoms with van der Waals surface area (Å²) >= 11 is 0. The fourth-order valence-electron chi connectivity index (χ4n) is 14.1. The fourth-order valence-corrected chi connectivity index (χ4v) is 14.1. The van der Waals surface area contributed by atoms with Gasteiger partial charge in [-0.3, -0.25) is 9.80 Å². The summed E-state index contributed by atoms with van der Waals surface area (Å²) in [6.07, 6.45) is 18.1. The van der Waals surface area contributed by atoms with Crippen LogP contribution in [0.5, 0.6) is 0 Å². The van der Waals surface area contributed by atoms with Crippen molar-refractivity contribution < 1.29 is 10.3 Å². The van der Waals surface area contributed by atoms with E-state index in [9.17, 15) is 16.0 Å². The van der Waals surface area contributed by atoms with Crippen molar-refractivity contribution >= 4 is 85.8 Å². The molecule has 0 aromatic heterocycles. The second-order valence-corrected chi connectivity index (χ2v) is 20.9. The van der Waals surface area contributed by atoms with E-state index >= 15 is 4.79 Å². The standard InChI is InChI=1S/C61H60B2N4O/c64-37-39-27-31-50-54(35-39)66-59-52(62(50)57-46(41-15-5-1-6-16-41)23-13-24-47(57)42-17-7-2-8-18-42)33-29-45-30-34-53-60(56(45)59)67(61(66)68)55-36-40(38-65)28-32-51(55)63(53)58-48(43-19-9-3-10-20-43)25-14-26-49(58)44-21-11-4-12-22-44/h13-14,23-36,41-44H,1-12,15-22H2/i41D,42D,43D,44D. The normalized spacial score (nSPS) is 22.4. The molecule has 0 atom stereocenters. The van der Waals surface area contributed by atoms with Crippen molar-refractivity contribution in [1.82, 2.24) is 0 Å². The molecule has 6 aromatic rings. The molecule has 3 aliphatic heterocycles. The molecule has 336 valence electrons. The Morgan fingerprint density at radius 3 is 1.13 bits per heavy atom. The number of hydrogen-bond donors (Lipinski definition) is 0.